The number of esters is 2. The Balaban J connectivity index is 0.000000230. The number of methoxy groups -OCH3 is 2. The van der Waals surface area contributed by atoms with Crippen molar-refractivity contribution in [2.24, 2.45) is 5.73 Å². The lowest BCUT2D eigenvalue weighted by atomic mass is 10.1. The summed E-state index contributed by atoms with van der Waals surface area (Å²) in [6.07, 6.45) is -0.356. The Morgan fingerprint density at radius 2 is 1.05 bits per heavy atom. The second-order valence-corrected chi connectivity index (χ2v) is 14.2. The minimum Gasteiger partial charge on any atom is -0.468 e. The topological polar surface area (TPSA) is 200 Å². The molecule has 3 N–H and O–H groups in total. The molecule has 2 unspecified atom stereocenters. The number of hydrogen-bond acceptors (Lipinski definition) is 11. The van der Waals surface area contributed by atoms with Gasteiger partial charge in [-0.05, 0) is 74.7 Å². The van der Waals surface area contributed by atoms with Crippen LogP contribution in [0.2, 0.25) is 0 Å². The van der Waals surface area contributed by atoms with E-state index in [2.05, 4.69) is 19.7 Å². The molecular weight excluding hydrogens is 761 g/mol. The normalized spacial score (nSPS) is 13.8. The van der Waals surface area contributed by atoms with E-state index >= 15 is 0 Å². The second kappa shape index (κ2) is 17.6. The van der Waals surface area contributed by atoms with Gasteiger partial charge in [0.2, 0.25) is 0 Å². The Hall–Kier alpha value is -7.69. The Morgan fingerprint density at radius 1 is 0.644 bits per heavy atom. The first-order chi connectivity index (χ1) is 28.0. The van der Waals surface area contributed by atoms with E-state index in [-0.39, 0.29) is 40.8 Å². The summed E-state index contributed by atoms with van der Waals surface area (Å²) in [7, 11) is 2.49. The van der Waals surface area contributed by atoms with Crippen LogP contribution in [0.5, 0.6) is 0 Å². The molecule has 6 rings (SSSR count). The molecule has 16 heteroatoms. The third kappa shape index (κ3) is 9.48. The molecule has 2 heterocycles. The highest BCUT2D eigenvalue weighted by atomic mass is 16.6. The van der Waals surface area contributed by atoms with Crippen molar-refractivity contribution in [3.63, 3.8) is 0 Å². The number of alkyl carbamates (subject to hydrolysis) is 1. The lowest BCUT2D eigenvalue weighted by molar-refractivity contribution is -0.143. The first-order valence-corrected chi connectivity index (χ1v) is 17.9. The smallest absolute Gasteiger partial charge is 0.408 e. The quantitative estimate of drug-likeness (QED) is 0.0907. The van der Waals surface area contributed by atoms with Gasteiger partial charge in [-0.3, -0.25) is 24.0 Å². The number of hydrogen-bond donors (Lipinski definition) is 2. The summed E-state index contributed by atoms with van der Waals surface area (Å²) >= 11 is 0. The fourth-order valence-corrected chi connectivity index (χ4v) is 6.14. The van der Waals surface area contributed by atoms with Crippen LogP contribution in [0.15, 0.2) is 84.9 Å². The van der Waals surface area contributed by atoms with Crippen LogP contribution in [0, 0.1) is 13.1 Å². The van der Waals surface area contributed by atoms with Crippen LogP contribution in [0.4, 0.5) is 27.5 Å². The zero-order valence-corrected chi connectivity index (χ0v) is 32.6. The van der Waals surface area contributed by atoms with Crippen LogP contribution in [0.3, 0.4) is 0 Å². The number of nitrogens with one attached hydrogen (secondary N) is 1. The number of carbonyl (C=O) groups is 7. The zero-order chi connectivity index (χ0) is 43.2. The summed E-state index contributed by atoms with van der Waals surface area (Å²) in [5.41, 5.74) is 8.71. The highest BCUT2D eigenvalue weighted by Crippen LogP contribution is 2.33. The van der Waals surface area contributed by atoms with Gasteiger partial charge in [0.25, 0.3) is 23.6 Å². The van der Waals surface area contributed by atoms with Crippen molar-refractivity contribution in [2.75, 3.05) is 24.0 Å². The van der Waals surface area contributed by atoms with E-state index in [1.54, 1.807) is 69.3 Å². The van der Waals surface area contributed by atoms with Crippen LogP contribution >= 0.6 is 0 Å². The van der Waals surface area contributed by atoms with Gasteiger partial charge >= 0.3 is 18.0 Å². The largest absolute Gasteiger partial charge is 0.468 e. The molecule has 0 saturated carbocycles. The SMILES string of the molecule is [C-]#[N+]c1ccc2c(c1)C(=O)N(c1ccc(CC(N)C(=O)OC)cc1)C2=O.[C-]#[N+]c1ccc2c(c1)C(=O)N(c1ccc(CC(NC(=O)OC(C)(C)C)C(=O)OC)cc1)C2=O. The number of carbonyl (C=O) groups excluding carboxylic acids is 7. The molecule has 0 spiro atoms. The Bertz CT molecular complexity index is 2440. The van der Waals surface area contributed by atoms with Crippen molar-refractivity contribution in [3.8, 4) is 0 Å². The number of fused-ring (bicyclic) bond motifs is 2. The molecule has 2 atom stereocenters. The molecule has 0 saturated heterocycles. The van der Waals surface area contributed by atoms with Gasteiger partial charge in [-0.1, -0.05) is 48.5 Å². The Morgan fingerprint density at radius 3 is 1.44 bits per heavy atom. The summed E-state index contributed by atoms with van der Waals surface area (Å²) in [6, 6.07) is 20.1. The first kappa shape index (κ1) is 42.5. The minimum absolute atomic E-state index is 0.114. The van der Waals surface area contributed by atoms with Crippen LogP contribution in [-0.2, 0) is 36.6 Å². The van der Waals surface area contributed by atoms with Gasteiger partial charge in [-0.15, -0.1) is 0 Å². The maximum absolute atomic E-state index is 12.8. The molecule has 2 aliphatic rings. The average Bonchev–Trinajstić information content (AvgIpc) is 3.62. The Kier molecular flexibility index (Phi) is 12.7. The van der Waals surface area contributed by atoms with Gasteiger partial charge in [-0.2, -0.15) is 0 Å². The number of anilines is 2. The molecule has 0 aliphatic carbocycles. The third-order valence-corrected chi connectivity index (χ3v) is 8.96. The molecule has 4 aromatic rings. The molecule has 300 valence electrons. The predicted molar refractivity (Wildman–Crippen MR) is 213 cm³/mol. The van der Waals surface area contributed by atoms with E-state index in [1.165, 1.54) is 50.6 Å². The van der Waals surface area contributed by atoms with Crippen LogP contribution < -0.4 is 20.9 Å². The average molecular weight is 799 g/mol. The van der Waals surface area contributed by atoms with Crippen molar-refractivity contribution in [1.82, 2.24) is 5.32 Å². The van der Waals surface area contributed by atoms with Crippen molar-refractivity contribution < 1.29 is 47.8 Å². The van der Waals surface area contributed by atoms with E-state index in [4.69, 9.17) is 28.4 Å². The standard InChI is InChI=1S/C24H23N3O6.C19H15N3O4/c1-24(2,3)33-23(31)26-19(22(30)32-5)12-14-6-9-16(10-7-14)27-20(28)17-11-8-15(25-4)13-18(17)21(27)29;1-21-12-5-8-14-15(10-12)18(24)22(17(14)23)13-6-3-11(4-7-13)9-16(20)19(25)26-2/h6-11,13,19H,12H2,1-3,5H3,(H,26,31);3-8,10,16H,9,20H2,2H3. The molecule has 59 heavy (non-hydrogen) atoms. The highest BCUT2D eigenvalue weighted by molar-refractivity contribution is 6.35. The first-order valence-electron chi connectivity index (χ1n) is 17.9. The van der Waals surface area contributed by atoms with Crippen molar-refractivity contribution in [1.29, 1.82) is 0 Å². The van der Waals surface area contributed by atoms with E-state index in [0.29, 0.717) is 22.6 Å². The number of benzene rings is 4. The summed E-state index contributed by atoms with van der Waals surface area (Å²) < 4.78 is 14.6. The molecule has 16 nitrogen and oxygen atoms in total. The third-order valence-electron chi connectivity index (χ3n) is 8.96. The summed E-state index contributed by atoms with van der Waals surface area (Å²) in [5.74, 6) is -3.02. The minimum atomic E-state index is -0.984. The van der Waals surface area contributed by atoms with E-state index in [0.717, 1.165) is 15.4 Å². The maximum Gasteiger partial charge on any atom is 0.408 e. The molecule has 2 aliphatic heterocycles. The molecule has 0 radical (unpaired) electrons. The molecule has 0 bridgehead atoms. The van der Waals surface area contributed by atoms with Crippen molar-refractivity contribution in [3.05, 3.63) is 141 Å². The van der Waals surface area contributed by atoms with Crippen molar-refractivity contribution in [2.45, 2.75) is 51.3 Å². The lowest BCUT2D eigenvalue weighted by Gasteiger charge is -2.22. The lowest BCUT2D eigenvalue weighted by Crippen LogP contribution is -2.45. The van der Waals surface area contributed by atoms with E-state index in [1.807, 2.05) is 0 Å². The molecule has 0 aromatic heterocycles. The molecule has 4 aromatic carbocycles. The molecular formula is C43H38N6O10. The van der Waals surface area contributed by atoms with E-state index in [9.17, 15) is 33.6 Å². The van der Waals surface area contributed by atoms with Gasteiger partial charge in [0.15, 0.2) is 11.4 Å². The molecule has 0 fully saturated rings. The van der Waals surface area contributed by atoms with Crippen LogP contribution in [0.1, 0.15) is 73.3 Å². The monoisotopic (exact) mass is 798 g/mol. The summed E-state index contributed by atoms with van der Waals surface area (Å²) in [4.78, 5) is 95.0. The summed E-state index contributed by atoms with van der Waals surface area (Å²) in [5, 5.41) is 2.50. The number of amides is 5. The van der Waals surface area contributed by atoms with Gasteiger partial charge in [-0.25, -0.2) is 29.1 Å². The fraction of sp³-hybridized carbons (Fsp3) is 0.233. The summed E-state index contributed by atoms with van der Waals surface area (Å²) in [6.45, 7) is 19.3. The predicted octanol–water partition coefficient (Wildman–Crippen LogP) is 5.73. The van der Waals surface area contributed by atoms with Crippen molar-refractivity contribution >= 4 is 64.4 Å². The van der Waals surface area contributed by atoms with E-state index < -0.39 is 59.3 Å². The number of imide groups is 2. The van der Waals surface area contributed by atoms with Gasteiger partial charge < -0.3 is 25.3 Å². The van der Waals surface area contributed by atoms with Crippen LogP contribution in [-0.4, -0.2) is 73.6 Å². The highest BCUT2D eigenvalue weighted by Gasteiger charge is 2.38. The number of nitrogens with zero attached hydrogens (tertiary/aromatic N) is 4. The number of ether oxygens (including phenoxy) is 3. The number of rotatable bonds is 9. The molecule has 5 amide bonds. The fourth-order valence-electron chi connectivity index (χ4n) is 6.14. The van der Waals surface area contributed by atoms with Crippen LogP contribution in [0.25, 0.3) is 9.69 Å². The zero-order valence-electron chi connectivity index (χ0n) is 32.6. The Labute approximate surface area is 339 Å². The van der Waals surface area contributed by atoms with Gasteiger partial charge in [0.1, 0.15) is 17.7 Å². The second-order valence-electron chi connectivity index (χ2n) is 14.2. The van der Waals surface area contributed by atoms with Gasteiger partial charge in [0.05, 0.1) is 49.9 Å². The number of nitrogens with two attached hydrogens (primary N) is 1. The maximum atomic E-state index is 12.8. The van der Waals surface area contributed by atoms with Gasteiger partial charge in [0, 0.05) is 17.5 Å².